The molecule has 0 aliphatic heterocycles. The Balaban J connectivity index is 2.92. The van der Waals surface area contributed by atoms with Crippen molar-refractivity contribution < 1.29 is 41.0 Å². The maximum absolute atomic E-state index is 13.9. The van der Waals surface area contributed by atoms with Gasteiger partial charge in [-0.15, -0.1) is 0 Å². The van der Waals surface area contributed by atoms with E-state index in [4.69, 9.17) is 14.2 Å². The summed E-state index contributed by atoms with van der Waals surface area (Å²) in [4.78, 5) is 12.2. The van der Waals surface area contributed by atoms with Crippen LogP contribution in [-0.4, -0.2) is 38.4 Å². The zero-order valence-corrected chi connectivity index (χ0v) is 24.4. The van der Waals surface area contributed by atoms with Gasteiger partial charge in [-0.1, -0.05) is 66.2 Å². The lowest BCUT2D eigenvalue weighted by molar-refractivity contribution is -0.406. The summed E-state index contributed by atoms with van der Waals surface area (Å²) in [6.45, 7) is 9.60. The molecular formula is C29H47F5N2O4. The second-order valence-corrected chi connectivity index (χ2v) is 9.87. The number of halogens is 5. The summed E-state index contributed by atoms with van der Waals surface area (Å²) in [5.41, 5.74) is -1.40. The van der Waals surface area contributed by atoms with Crippen molar-refractivity contribution in [1.29, 1.82) is 0 Å². The number of carbonyl (C=O) groups excluding carboxylic acids is 1. The summed E-state index contributed by atoms with van der Waals surface area (Å²) < 4.78 is 86.7. The first kappa shape index (κ1) is 36.0. The summed E-state index contributed by atoms with van der Waals surface area (Å²) >= 11 is 0. The first-order valence-electron chi connectivity index (χ1n) is 14.7. The highest BCUT2D eigenvalue weighted by Gasteiger charge is 2.42. The third-order valence-corrected chi connectivity index (χ3v) is 6.39. The third kappa shape index (κ3) is 11.5. The van der Waals surface area contributed by atoms with E-state index in [0.717, 1.165) is 51.4 Å². The van der Waals surface area contributed by atoms with Gasteiger partial charge in [0, 0.05) is 12.5 Å². The largest absolute Gasteiger partial charge is 0.338 e. The smallest absolute Gasteiger partial charge is 0.319 e. The van der Waals surface area contributed by atoms with E-state index < -0.39 is 46.8 Å². The number of urea groups is 1. The van der Waals surface area contributed by atoms with Crippen molar-refractivity contribution in [3.05, 3.63) is 29.1 Å². The average Bonchev–Trinajstić information content (AvgIpc) is 2.96. The maximum atomic E-state index is 13.9. The van der Waals surface area contributed by atoms with E-state index in [0.29, 0.717) is 32.7 Å². The van der Waals surface area contributed by atoms with E-state index in [9.17, 15) is 26.7 Å². The number of amides is 2. The lowest BCUT2D eigenvalue weighted by Gasteiger charge is -2.40. The van der Waals surface area contributed by atoms with Crippen molar-refractivity contribution in [2.24, 2.45) is 5.92 Å². The van der Waals surface area contributed by atoms with Gasteiger partial charge in [-0.25, -0.2) is 26.7 Å². The van der Waals surface area contributed by atoms with Crippen LogP contribution in [0.4, 0.5) is 32.4 Å². The van der Waals surface area contributed by atoms with Gasteiger partial charge in [0.05, 0.1) is 19.8 Å². The van der Waals surface area contributed by atoms with Crippen LogP contribution in [0, 0.1) is 35.0 Å². The number of benzene rings is 1. The lowest BCUT2D eigenvalue weighted by atomic mass is 9.92. The number of anilines is 1. The highest BCUT2D eigenvalue weighted by molar-refractivity contribution is 5.89. The molecule has 0 fully saturated rings. The first-order valence-corrected chi connectivity index (χ1v) is 14.7. The van der Waals surface area contributed by atoms with Crippen LogP contribution in [0.5, 0.6) is 0 Å². The van der Waals surface area contributed by atoms with E-state index in [1.807, 2.05) is 20.8 Å². The number of carbonyl (C=O) groups is 1. The Bertz CT molecular complexity index is 825. The minimum absolute atomic E-state index is 0.0830. The molecule has 1 unspecified atom stereocenters. The predicted octanol–water partition coefficient (Wildman–Crippen LogP) is 8.58. The van der Waals surface area contributed by atoms with E-state index >= 15 is 0 Å². The number of rotatable bonds is 22. The molecule has 232 valence electrons. The molecule has 11 heteroatoms. The minimum atomic E-state index is -2.29. The highest BCUT2D eigenvalue weighted by Crippen LogP contribution is 2.35. The molecule has 0 aromatic heterocycles. The van der Waals surface area contributed by atoms with E-state index in [-0.39, 0.29) is 12.5 Å². The standard InChI is InChI=1S/C29H47F5N2O4/c1-5-9-10-11-12-13-15-21(29(38-18-6-2,39-19-7-3)40-20-8-4)16-14-17-35-28(37)36-27-25(33)23(31)22(30)24(32)26(27)34/h21H,5-20H2,1-4H3,(H2,35,36,37). The molecule has 1 rings (SSSR count). The normalized spacial score (nSPS) is 12.5. The Morgan fingerprint density at radius 1 is 0.650 bits per heavy atom. The van der Waals surface area contributed by atoms with Gasteiger partial charge in [-0.05, 0) is 38.5 Å². The molecule has 0 aliphatic carbocycles. The number of ether oxygens (including phenoxy) is 3. The summed E-state index contributed by atoms with van der Waals surface area (Å²) in [6.07, 6.45) is 10.8. The molecule has 0 aliphatic rings. The van der Waals surface area contributed by atoms with Crippen LogP contribution in [0.2, 0.25) is 0 Å². The van der Waals surface area contributed by atoms with Crippen molar-refractivity contribution in [2.45, 2.75) is 111 Å². The Morgan fingerprint density at radius 3 is 1.60 bits per heavy atom. The lowest BCUT2D eigenvalue weighted by Crippen LogP contribution is -2.47. The highest BCUT2D eigenvalue weighted by atomic mass is 19.2. The van der Waals surface area contributed by atoms with Gasteiger partial charge in [-0.3, -0.25) is 0 Å². The maximum Gasteiger partial charge on any atom is 0.319 e. The van der Waals surface area contributed by atoms with Crippen molar-refractivity contribution in [1.82, 2.24) is 5.32 Å². The molecule has 1 aromatic carbocycles. The molecule has 2 N–H and O–H groups in total. The fourth-order valence-corrected chi connectivity index (χ4v) is 4.30. The van der Waals surface area contributed by atoms with Crippen LogP contribution in [0.3, 0.4) is 0 Å². The molecule has 6 nitrogen and oxygen atoms in total. The van der Waals surface area contributed by atoms with Crippen molar-refractivity contribution in [3.8, 4) is 0 Å². The second-order valence-electron chi connectivity index (χ2n) is 9.87. The van der Waals surface area contributed by atoms with Gasteiger partial charge in [0.25, 0.3) is 5.97 Å². The van der Waals surface area contributed by atoms with Gasteiger partial charge >= 0.3 is 6.03 Å². The molecule has 0 saturated heterocycles. The Labute approximate surface area is 235 Å². The van der Waals surface area contributed by atoms with Crippen LogP contribution < -0.4 is 10.6 Å². The molecule has 1 aromatic rings. The number of nitrogens with one attached hydrogen (secondary N) is 2. The molecular weight excluding hydrogens is 535 g/mol. The fourth-order valence-electron chi connectivity index (χ4n) is 4.30. The Hall–Kier alpha value is -1.98. The van der Waals surface area contributed by atoms with Gasteiger partial charge in [0.15, 0.2) is 23.3 Å². The number of unbranched alkanes of at least 4 members (excludes halogenated alkanes) is 5. The van der Waals surface area contributed by atoms with Gasteiger partial charge in [-0.2, -0.15) is 0 Å². The number of hydrogen-bond donors (Lipinski definition) is 2. The zero-order chi connectivity index (χ0) is 30.0. The summed E-state index contributed by atoms with van der Waals surface area (Å²) in [5.74, 6) is -12.1. The molecule has 0 radical (unpaired) electrons. The second kappa shape index (κ2) is 20.0. The topological polar surface area (TPSA) is 68.8 Å². The molecule has 40 heavy (non-hydrogen) atoms. The summed E-state index contributed by atoms with van der Waals surface area (Å²) in [7, 11) is 0. The quantitative estimate of drug-likeness (QED) is 0.0472. The van der Waals surface area contributed by atoms with Crippen LogP contribution in [-0.2, 0) is 14.2 Å². The molecule has 0 saturated carbocycles. The minimum Gasteiger partial charge on any atom is -0.338 e. The monoisotopic (exact) mass is 582 g/mol. The van der Waals surface area contributed by atoms with E-state index in [1.54, 1.807) is 5.32 Å². The average molecular weight is 583 g/mol. The van der Waals surface area contributed by atoms with Gasteiger partial charge < -0.3 is 24.8 Å². The van der Waals surface area contributed by atoms with Crippen LogP contribution >= 0.6 is 0 Å². The van der Waals surface area contributed by atoms with Crippen LogP contribution in [0.1, 0.15) is 105 Å². The predicted molar refractivity (Wildman–Crippen MR) is 145 cm³/mol. The van der Waals surface area contributed by atoms with Crippen molar-refractivity contribution >= 4 is 11.7 Å². The van der Waals surface area contributed by atoms with Gasteiger partial charge in [0.1, 0.15) is 5.69 Å². The van der Waals surface area contributed by atoms with E-state index in [2.05, 4.69) is 12.2 Å². The first-order chi connectivity index (χ1) is 19.2. The van der Waals surface area contributed by atoms with Crippen LogP contribution in [0.25, 0.3) is 0 Å². The molecule has 0 spiro atoms. The molecule has 0 heterocycles. The zero-order valence-electron chi connectivity index (χ0n) is 24.4. The third-order valence-electron chi connectivity index (χ3n) is 6.39. The van der Waals surface area contributed by atoms with Crippen molar-refractivity contribution in [2.75, 3.05) is 31.7 Å². The fraction of sp³-hybridized carbons (Fsp3) is 0.759. The number of hydrogen-bond acceptors (Lipinski definition) is 4. The summed E-state index contributed by atoms with van der Waals surface area (Å²) in [5, 5.41) is 4.15. The summed E-state index contributed by atoms with van der Waals surface area (Å²) in [6, 6.07) is -1.09. The Morgan fingerprint density at radius 2 is 1.10 bits per heavy atom. The van der Waals surface area contributed by atoms with Crippen molar-refractivity contribution in [3.63, 3.8) is 0 Å². The van der Waals surface area contributed by atoms with Crippen LogP contribution in [0.15, 0.2) is 0 Å². The van der Waals surface area contributed by atoms with E-state index in [1.165, 1.54) is 12.8 Å². The molecule has 0 bridgehead atoms. The van der Waals surface area contributed by atoms with Gasteiger partial charge in [0.2, 0.25) is 5.82 Å². The Kier molecular flexibility index (Phi) is 18.0. The SMILES string of the molecule is CCCCCCCCC(CCCNC(=O)Nc1c(F)c(F)c(F)c(F)c1F)C(OCCC)(OCCC)OCCC. The molecule has 2 amide bonds. The molecule has 1 atom stereocenters.